The molecule has 162 valence electrons. The van der Waals surface area contributed by atoms with E-state index in [4.69, 9.17) is 4.74 Å². The zero-order chi connectivity index (χ0) is 21.6. The normalized spacial score (nSPS) is 23.7. The average molecular weight is 412 g/mol. The summed E-state index contributed by atoms with van der Waals surface area (Å²) in [5, 5.41) is 34.3. The lowest BCUT2D eigenvalue weighted by Gasteiger charge is -2.18. The lowest BCUT2D eigenvalue weighted by atomic mass is 10.1. The number of aliphatic hydroxyl groups excluding tert-OH is 3. The Kier molecular flexibility index (Phi) is 8.14. The Bertz CT molecular complexity index is 834. The van der Waals surface area contributed by atoms with E-state index in [-0.39, 0.29) is 11.4 Å². The predicted molar refractivity (Wildman–Crippen MR) is 104 cm³/mol. The van der Waals surface area contributed by atoms with Crippen molar-refractivity contribution in [2.45, 2.75) is 57.1 Å². The van der Waals surface area contributed by atoms with Crippen LogP contribution in [0.1, 0.15) is 38.8 Å². The first-order valence-electron chi connectivity index (χ1n) is 9.52. The van der Waals surface area contributed by atoms with Gasteiger partial charge in [0.15, 0.2) is 6.23 Å². The van der Waals surface area contributed by atoms with Crippen LogP contribution in [0.4, 0.5) is 5.69 Å². The van der Waals surface area contributed by atoms with Crippen LogP contribution in [0.5, 0.6) is 0 Å². The van der Waals surface area contributed by atoms with Gasteiger partial charge in [0, 0.05) is 12.7 Å². The Labute approximate surface area is 167 Å². The first kappa shape index (κ1) is 22.8. The summed E-state index contributed by atoms with van der Waals surface area (Å²) < 4.78 is 6.12. The van der Waals surface area contributed by atoms with Crippen LogP contribution in [0.2, 0.25) is 0 Å². The van der Waals surface area contributed by atoms with E-state index in [2.05, 4.69) is 24.1 Å². The summed E-state index contributed by atoms with van der Waals surface area (Å²) in [6, 6.07) is 0. The highest BCUT2D eigenvalue weighted by atomic mass is 16.6. The number of hydrogen-bond acceptors (Lipinski definition) is 8. The first-order chi connectivity index (χ1) is 13.8. The van der Waals surface area contributed by atoms with E-state index < -0.39 is 48.3 Å². The van der Waals surface area contributed by atoms with Gasteiger partial charge < -0.3 is 30.7 Å². The maximum absolute atomic E-state index is 12.2. The standard InChI is InChI=1S/C18H28N4O7/c1-3-4-5-6-7-19-10(2)15(26)20-11-8-22(18(28)21-16(11)27)17-14(25)13(24)12(9-23)29-17/h8,12-14,17,19,23-25H,2-7,9H2,1H3,(H,20,26)(H,21,27,28)/t12-,13-,14-,17-/m1/s1. The SMILES string of the molecule is C=C(NCCCCCC)C(=O)Nc1cn([C@@H]2O[C@H](CO)[C@@H](O)[C@H]2O)c(=O)[nH]c1=O. The highest BCUT2D eigenvalue weighted by Crippen LogP contribution is 2.28. The van der Waals surface area contributed by atoms with Crippen molar-refractivity contribution in [2.75, 3.05) is 18.5 Å². The van der Waals surface area contributed by atoms with Crippen molar-refractivity contribution in [1.82, 2.24) is 14.9 Å². The van der Waals surface area contributed by atoms with Crippen molar-refractivity contribution >= 4 is 11.6 Å². The first-order valence-corrected chi connectivity index (χ1v) is 9.52. The van der Waals surface area contributed by atoms with E-state index in [1.807, 2.05) is 4.98 Å². The van der Waals surface area contributed by atoms with E-state index >= 15 is 0 Å². The van der Waals surface area contributed by atoms with Gasteiger partial charge in [-0.25, -0.2) is 4.79 Å². The average Bonchev–Trinajstić information content (AvgIpc) is 2.97. The number of anilines is 1. The zero-order valence-electron chi connectivity index (χ0n) is 16.3. The quantitative estimate of drug-likeness (QED) is 0.205. The fraction of sp³-hybridized carbons (Fsp3) is 0.611. The lowest BCUT2D eigenvalue weighted by molar-refractivity contribution is -0.113. The molecule has 11 heteroatoms. The minimum absolute atomic E-state index is 0.0616. The predicted octanol–water partition coefficient (Wildman–Crippen LogP) is -1.23. The maximum atomic E-state index is 12.2. The largest absolute Gasteiger partial charge is 0.394 e. The van der Waals surface area contributed by atoms with Crippen LogP contribution >= 0.6 is 0 Å². The minimum atomic E-state index is -1.51. The fourth-order valence-corrected chi connectivity index (χ4v) is 2.94. The molecule has 1 amide bonds. The van der Waals surface area contributed by atoms with Crippen molar-refractivity contribution in [1.29, 1.82) is 0 Å². The molecule has 0 aromatic carbocycles. The number of aromatic amines is 1. The number of hydrogen-bond donors (Lipinski definition) is 6. The number of aliphatic hydroxyl groups is 3. The van der Waals surface area contributed by atoms with Crippen molar-refractivity contribution in [3.63, 3.8) is 0 Å². The molecule has 1 aromatic heterocycles. The van der Waals surface area contributed by atoms with Crippen LogP contribution in [0.15, 0.2) is 28.1 Å². The third-order valence-electron chi connectivity index (χ3n) is 4.65. The van der Waals surface area contributed by atoms with Crippen LogP contribution in [-0.4, -0.2) is 62.2 Å². The molecule has 1 fully saturated rings. The Morgan fingerprint density at radius 3 is 2.62 bits per heavy atom. The summed E-state index contributed by atoms with van der Waals surface area (Å²) in [7, 11) is 0. The highest BCUT2D eigenvalue weighted by Gasteiger charge is 2.43. The molecular formula is C18H28N4O7. The lowest BCUT2D eigenvalue weighted by Crippen LogP contribution is -2.39. The van der Waals surface area contributed by atoms with Gasteiger partial charge in [-0.05, 0) is 6.42 Å². The number of H-pyrrole nitrogens is 1. The second-order valence-corrected chi connectivity index (χ2v) is 6.86. The number of carbonyl (C=O) groups excluding carboxylic acids is 1. The Balaban J connectivity index is 2.09. The number of unbranched alkanes of at least 4 members (excludes halogenated alkanes) is 3. The molecule has 2 heterocycles. The van der Waals surface area contributed by atoms with Crippen LogP contribution in [0.25, 0.3) is 0 Å². The molecule has 4 atom stereocenters. The Hall–Kier alpha value is -2.47. The van der Waals surface area contributed by atoms with E-state index in [0.717, 1.165) is 36.4 Å². The zero-order valence-corrected chi connectivity index (χ0v) is 16.3. The van der Waals surface area contributed by atoms with Gasteiger partial charge in [0.2, 0.25) is 0 Å². The number of nitrogens with one attached hydrogen (secondary N) is 3. The Morgan fingerprint density at radius 1 is 1.28 bits per heavy atom. The van der Waals surface area contributed by atoms with Gasteiger partial charge in [0.05, 0.1) is 12.3 Å². The van der Waals surface area contributed by atoms with Gasteiger partial charge in [-0.15, -0.1) is 0 Å². The molecule has 0 saturated carbocycles. The smallest absolute Gasteiger partial charge is 0.330 e. The second kappa shape index (κ2) is 10.3. The van der Waals surface area contributed by atoms with Crippen molar-refractivity contribution in [2.24, 2.45) is 0 Å². The summed E-state index contributed by atoms with van der Waals surface area (Å²) in [6.07, 6.45) is -0.283. The molecule has 0 aliphatic carbocycles. The van der Waals surface area contributed by atoms with Crippen molar-refractivity contribution in [3.05, 3.63) is 39.3 Å². The second-order valence-electron chi connectivity index (χ2n) is 6.86. The van der Waals surface area contributed by atoms with Gasteiger partial charge in [0.1, 0.15) is 24.0 Å². The van der Waals surface area contributed by atoms with Crippen molar-refractivity contribution < 1.29 is 24.9 Å². The number of amides is 1. The molecule has 1 aliphatic heterocycles. The van der Waals surface area contributed by atoms with Crippen LogP contribution in [-0.2, 0) is 9.53 Å². The molecule has 0 unspecified atom stereocenters. The third-order valence-corrected chi connectivity index (χ3v) is 4.65. The molecule has 2 rings (SSSR count). The number of carbonyl (C=O) groups is 1. The van der Waals surface area contributed by atoms with Crippen molar-refractivity contribution in [3.8, 4) is 0 Å². The van der Waals surface area contributed by atoms with E-state index in [0.29, 0.717) is 6.54 Å². The fourth-order valence-electron chi connectivity index (χ4n) is 2.94. The summed E-state index contributed by atoms with van der Waals surface area (Å²) in [5.74, 6) is -0.655. The van der Waals surface area contributed by atoms with E-state index in [1.165, 1.54) is 0 Å². The third kappa shape index (κ3) is 5.54. The number of rotatable bonds is 10. The number of aromatic nitrogens is 2. The van der Waals surface area contributed by atoms with Crippen LogP contribution in [0.3, 0.4) is 0 Å². The molecule has 0 radical (unpaired) electrons. The van der Waals surface area contributed by atoms with E-state index in [9.17, 15) is 29.7 Å². The monoisotopic (exact) mass is 412 g/mol. The van der Waals surface area contributed by atoms with Gasteiger partial charge in [-0.3, -0.25) is 19.1 Å². The number of ether oxygens (including phenoxy) is 1. The highest BCUT2D eigenvalue weighted by molar-refractivity contribution is 6.02. The molecule has 6 N–H and O–H groups in total. The molecule has 1 aromatic rings. The molecule has 11 nitrogen and oxygen atoms in total. The summed E-state index contributed by atoms with van der Waals surface area (Å²) in [4.78, 5) is 38.4. The van der Waals surface area contributed by atoms with Gasteiger partial charge in [-0.2, -0.15) is 0 Å². The van der Waals surface area contributed by atoms with Crippen LogP contribution in [0, 0.1) is 0 Å². The van der Waals surface area contributed by atoms with Gasteiger partial charge in [-0.1, -0.05) is 32.8 Å². The van der Waals surface area contributed by atoms with Crippen LogP contribution < -0.4 is 21.9 Å². The summed E-state index contributed by atoms with van der Waals surface area (Å²) >= 11 is 0. The molecule has 29 heavy (non-hydrogen) atoms. The topological polar surface area (TPSA) is 166 Å². The number of nitrogens with zero attached hydrogens (tertiary/aromatic N) is 1. The van der Waals surface area contributed by atoms with E-state index in [1.54, 1.807) is 0 Å². The minimum Gasteiger partial charge on any atom is -0.394 e. The summed E-state index contributed by atoms with van der Waals surface area (Å²) in [5.41, 5.74) is -1.95. The summed E-state index contributed by atoms with van der Waals surface area (Å²) in [6.45, 7) is 5.71. The molecule has 1 aliphatic rings. The molecular weight excluding hydrogens is 384 g/mol. The molecule has 1 saturated heterocycles. The van der Waals surface area contributed by atoms with Gasteiger partial charge >= 0.3 is 5.69 Å². The molecule has 0 spiro atoms. The molecule has 0 bridgehead atoms. The maximum Gasteiger partial charge on any atom is 0.330 e. The van der Waals surface area contributed by atoms with Gasteiger partial charge in [0.25, 0.3) is 11.5 Å². The Morgan fingerprint density at radius 2 is 2.00 bits per heavy atom.